The maximum absolute atomic E-state index is 12.1. The molecule has 3 rings (SSSR count). The SMILES string of the molecule is Cc1cc(C)n([C@@H](C)CNC(=O)CCc2nc3ccccc3[nH]c2=O)n1. The van der Waals surface area contributed by atoms with E-state index in [-0.39, 0.29) is 23.9 Å². The second kappa shape index (κ2) is 7.51. The molecule has 7 heteroatoms. The summed E-state index contributed by atoms with van der Waals surface area (Å²) >= 11 is 0. The second-order valence-corrected chi connectivity index (χ2v) is 6.55. The summed E-state index contributed by atoms with van der Waals surface area (Å²) in [5.74, 6) is -0.104. The van der Waals surface area contributed by atoms with E-state index in [0.29, 0.717) is 24.2 Å². The van der Waals surface area contributed by atoms with Crippen LogP contribution in [-0.2, 0) is 11.2 Å². The van der Waals surface area contributed by atoms with Gasteiger partial charge in [0.15, 0.2) is 0 Å². The molecule has 0 bridgehead atoms. The van der Waals surface area contributed by atoms with E-state index in [1.54, 1.807) is 6.07 Å². The quantitative estimate of drug-likeness (QED) is 0.709. The Kier molecular flexibility index (Phi) is 5.16. The first-order chi connectivity index (χ1) is 12.4. The van der Waals surface area contributed by atoms with E-state index >= 15 is 0 Å². The van der Waals surface area contributed by atoms with Crippen LogP contribution >= 0.6 is 0 Å². The normalized spacial score (nSPS) is 12.3. The van der Waals surface area contributed by atoms with Gasteiger partial charge in [-0.2, -0.15) is 5.10 Å². The van der Waals surface area contributed by atoms with Crippen molar-refractivity contribution in [2.45, 2.75) is 39.7 Å². The van der Waals surface area contributed by atoms with E-state index < -0.39 is 0 Å². The minimum Gasteiger partial charge on any atom is -0.354 e. The van der Waals surface area contributed by atoms with E-state index in [0.717, 1.165) is 16.9 Å². The number of hydrogen-bond acceptors (Lipinski definition) is 4. The Labute approximate surface area is 151 Å². The lowest BCUT2D eigenvalue weighted by Gasteiger charge is -2.15. The van der Waals surface area contributed by atoms with Gasteiger partial charge in [0.1, 0.15) is 5.69 Å². The van der Waals surface area contributed by atoms with Crippen molar-refractivity contribution in [1.29, 1.82) is 0 Å². The summed E-state index contributed by atoms with van der Waals surface area (Å²) in [5, 5.41) is 7.34. The summed E-state index contributed by atoms with van der Waals surface area (Å²) in [6.45, 7) is 6.44. The summed E-state index contributed by atoms with van der Waals surface area (Å²) in [5.41, 5.74) is 3.58. The molecule has 0 spiro atoms. The number of nitrogens with zero attached hydrogens (tertiary/aromatic N) is 3. The molecule has 0 fully saturated rings. The maximum Gasteiger partial charge on any atom is 0.270 e. The highest BCUT2D eigenvalue weighted by atomic mass is 16.1. The van der Waals surface area contributed by atoms with Crippen LogP contribution in [0.1, 0.15) is 36.5 Å². The zero-order valence-corrected chi connectivity index (χ0v) is 15.2. The van der Waals surface area contributed by atoms with Crippen LogP contribution in [0.4, 0.5) is 0 Å². The summed E-state index contributed by atoms with van der Waals surface area (Å²) in [6.07, 6.45) is 0.526. The second-order valence-electron chi connectivity index (χ2n) is 6.55. The standard InChI is InChI=1S/C19H23N5O2/c1-12-10-13(2)24(23-12)14(3)11-20-18(25)9-8-17-19(26)22-16-7-5-4-6-15(16)21-17/h4-7,10,14H,8-9,11H2,1-3H3,(H,20,25)(H,22,26)/t14-/m0/s1. The van der Waals surface area contributed by atoms with Gasteiger partial charge in [-0.25, -0.2) is 4.98 Å². The van der Waals surface area contributed by atoms with Crippen molar-refractivity contribution in [3.05, 3.63) is 57.8 Å². The lowest BCUT2D eigenvalue weighted by atomic mass is 10.2. The van der Waals surface area contributed by atoms with Crippen LogP contribution < -0.4 is 10.9 Å². The number of carbonyl (C=O) groups is 1. The van der Waals surface area contributed by atoms with Gasteiger partial charge in [-0.3, -0.25) is 14.3 Å². The molecule has 3 aromatic rings. The molecule has 0 unspecified atom stereocenters. The van der Waals surface area contributed by atoms with Crippen molar-refractivity contribution in [2.24, 2.45) is 0 Å². The number of nitrogens with one attached hydrogen (secondary N) is 2. The Bertz CT molecular complexity index is 989. The van der Waals surface area contributed by atoms with Gasteiger partial charge in [0, 0.05) is 25.1 Å². The van der Waals surface area contributed by atoms with Crippen LogP contribution in [-0.4, -0.2) is 32.2 Å². The molecule has 0 aliphatic rings. The molecule has 7 nitrogen and oxygen atoms in total. The van der Waals surface area contributed by atoms with Crippen LogP contribution in [0.15, 0.2) is 35.1 Å². The average Bonchev–Trinajstić information content (AvgIpc) is 2.96. The van der Waals surface area contributed by atoms with Crippen molar-refractivity contribution >= 4 is 16.9 Å². The van der Waals surface area contributed by atoms with Gasteiger partial charge in [-0.15, -0.1) is 0 Å². The Hall–Kier alpha value is -2.96. The van der Waals surface area contributed by atoms with Crippen LogP contribution in [0, 0.1) is 13.8 Å². The van der Waals surface area contributed by atoms with Crippen molar-refractivity contribution in [1.82, 2.24) is 25.1 Å². The van der Waals surface area contributed by atoms with Gasteiger partial charge < -0.3 is 10.3 Å². The van der Waals surface area contributed by atoms with Crippen LogP contribution in [0.5, 0.6) is 0 Å². The molecular formula is C19H23N5O2. The van der Waals surface area contributed by atoms with Crippen molar-refractivity contribution < 1.29 is 4.79 Å². The Morgan fingerprint density at radius 2 is 2.08 bits per heavy atom. The number of hydrogen-bond donors (Lipinski definition) is 2. The molecule has 1 aromatic carbocycles. The van der Waals surface area contributed by atoms with E-state index in [1.165, 1.54) is 0 Å². The highest BCUT2D eigenvalue weighted by Gasteiger charge is 2.12. The number of aromatic amines is 1. The monoisotopic (exact) mass is 353 g/mol. The molecule has 2 N–H and O–H groups in total. The highest BCUT2D eigenvalue weighted by Crippen LogP contribution is 2.10. The van der Waals surface area contributed by atoms with Gasteiger partial charge in [-0.1, -0.05) is 12.1 Å². The van der Waals surface area contributed by atoms with Gasteiger partial charge in [0.25, 0.3) is 5.56 Å². The molecule has 1 atom stereocenters. The third kappa shape index (κ3) is 3.99. The molecule has 136 valence electrons. The van der Waals surface area contributed by atoms with Gasteiger partial charge in [0.05, 0.1) is 22.8 Å². The summed E-state index contributed by atoms with van der Waals surface area (Å²) in [6, 6.07) is 9.43. The predicted octanol–water partition coefficient (Wildman–Crippen LogP) is 2.05. The summed E-state index contributed by atoms with van der Waals surface area (Å²) in [4.78, 5) is 31.4. The number of benzene rings is 1. The van der Waals surface area contributed by atoms with Crippen molar-refractivity contribution in [2.75, 3.05) is 6.54 Å². The third-order valence-electron chi connectivity index (χ3n) is 4.32. The highest BCUT2D eigenvalue weighted by molar-refractivity contribution is 5.76. The summed E-state index contributed by atoms with van der Waals surface area (Å²) in [7, 11) is 0. The van der Waals surface area contributed by atoms with E-state index in [1.807, 2.05) is 49.7 Å². The predicted molar refractivity (Wildman–Crippen MR) is 100 cm³/mol. The first-order valence-corrected chi connectivity index (χ1v) is 8.71. The number of aromatic nitrogens is 4. The zero-order valence-electron chi connectivity index (χ0n) is 15.2. The van der Waals surface area contributed by atoms with E-state index in [9.17, 15) is 9.59 Å². The number of amides is 1. The smallest absolute Gasteiger partial charge is 0.270 e. The Balaban J connectivity index is 1.56. The van der Waals surface area contributed by atoms with Crippen molar-refractivity contribution in [3.8, 4) is 0 Å². The number of fused-ring (bicyclic) bond motifs is 1. The first-order valence-electron chi connectivity index (χ1n) is 8.71. The van der Waals surface area contributed by atoms with E-state index in [2.05, 4.69) is 20.4 Å². The number of H-pyrrole nitrogens is 1. The summed E-state index contributed by atoms with van der Waals surface area (Å²) < 4.78 is 1.91. The minimum absolute atomic E-state index is 0.0647. The molecule has 2 aromatic heterocycles. The number of aryl methyl sites for hydroxylation is 3. The maximum atomic E-state index is 12.1. The molecule has 0 radical (unpaired) electrons. The molecule has 0 saturated carbocycles. The van der Waals surface area contributed by atoms with Crippen molar-refractivity contribution in [3.63, 3.8) is 0 Å². The minimum atomic E-state index is -0.243. The molecule has 1 amide bonds. The van der Waals surface area contributed by atoms with E-state index in [4.69, 9.17) is 0 Å². The van der Waals surface area contributed by atoms with Gasteiger partial charge in [0.2, 0.25) is 5.91 Å². The van der Waals surface area contributed by atoms with Crippen LogP contribution in [0.25, 0.3) is 11.0 Å². The number of rotatable bonds is 6. The van der Waals surface area contributed by atoms with Crippen LogP contribution in [0.2, 0.25) is 0 Å². The largest absolute Gasteiger partial charge is 0.354 e. The number of carbonyl (C=O) groups excluding carboxylic acids is 1. The number of para-hydroxylation sites is 2. The lowest BCUT2D eigenvalue weighted by molar-refractivity contribution is -0.121. The molecule has 0 aliphatic heterocycles. The molecule has 26 heavy (non-hydrogen) atoms. The fraction of sp³-hybridized carbons (Fsp3) is 0.368. The van der Waals surface area contributed by atoms with Crippen LogP contribution in [0.3, 0.4) is 0 Å². The molecule has 0 saturated heterocycles. The fourth-order valence-electron chi connectivity index (χ4n) is 3.00. The molecular weight excluding hydrogens is 330 g/mol. The third-order valence-corrected chi connectivity index (χ3v) is 4.32. The fourth-order valence-corrected chi connectivity index (χ4v) is 3.00. The Morgan fingerprint density at radius 1 is 1.31 bits per heavy atom. The van der Waals surface area contributed by atoms with Gasteiger partial charge >= 0.3 is 0 Å². The first kappa shape index (κ1) is 17.8. The molecule has 0 aliphatic carbocycles. The zero-order chi connectivity index (χ0) is 18.7. The Morgan fingerprint density at radius 3 is 2.81 bits per heavy atom. The van der Waals surface area contributed by atoms with Gasteiger partial charge in [-0.05, 0) is 39.0 Å². The average molecular weight is 353 g/mol. The molecule has 2 heterocycles. The topological polar surface area (TPSA) is 92.7 Å². The lowest BCUT2D eigenvalue weighted by Crippen LogP contribution is -2.31.